The first-order valence-corrected chi connectivity index (χ1v) is 9.78. The number of pyridine rings is 1. The maximum absolute atomic E-state index is 11.5. The fourth-order valence-corrected chi connectivity index (χ4v) is 3.52. The molecule has 1 aliphatic rings. The van der Waals surface area contributed by atoms with E-state index in [1.54, 1.807) is 30.6 Å². The van der Waals surface area contributed by atoms with E-state index in [9.17, 15) is 10.1 Å². The standard InChI is InChI=1S/C21H22N6O3/c1-30-16-8-9-17(19(11-16)27(28)29)24-20-12-18(14-5-4-10-22-13-14)25-21(26-20)23-15-6-2-3-7-15/h4-5,8-13,15H,2-3,6-7H2,1H3,(H2,23,24,25,26). The van der Waals surface area contributed by atoms with Gasteiger partial charge in [-0.25, -0.2) is 4.98 Å². The highest BCUT2D eigenvalue weighted by atomic mass is 16.6. The molecule has 1 aromatic carbocycles. The third kappa shape index (κ3) is 4.45. The summed E-state index contributed by atoms with van der Waals surface area (Å²) in [7, 11) is 1.47. The van der Waals surface area contributed by atoms with Crippen LogP contribution in [0.1, 0.15) is 25.7 Å². The summed E-state index contributed by atoms with van der Waals surface area (Å²) in [4.78, 5) is 24.4. The van der Waals surface area contributed by atoms with Crippen LogP contribution < -0.4 is 15.4 Å². The van der Waals surface area contributed by atoms with Crippen LogP contribution in [0.4, 0.5) is 23.1 Å². The molecule has 30 heavy (non-hydrogen) atoms. The Morgan fingerprint density at radius 1 is 1.17 bits per heavy atom. The maximum atomic E-state index is 11.5. The number of anilines is 3. The molecule has 2 N–H and O–H groups in total. The van der Waals surface area contributed by atoms with Crippen molar-refractivity contribution in [2.45, 2.75) is 31.7 Å². The lowest BCUT2D eigenvalue weighted by Crippen LogP contribution is -2.17. The van der Waals surface area contributed by atoms with Crippen molar-refractivity contribution in [3.05, 3.63) is 58.9 Å². The van der Waals surface area contributed by atoms with Crippen LogP contribution >= 0.6 is 0 Å². The van der Waals surface area contributed by atoms with E-state index in [2.05, 4.69) is 25.6 Å². The molecule has 0 bridgehead atoms. The molecule has 9 heteroatoms. The Bertz CT molecular complexity index is 1040. The predicted octanol–water partition coefficient (Wildman–Crippen LogP) is 4.55. The lowest BCUT2D eigenvalue weighted by Gasteiger charge is -2.15. The summed E-state index contributed by atoms with van der Waals surface area (Å²) in [6.07, 6.45) is 7.94. The van der Waals surface area contributed by atoms with E-state index < -0.39 is 4.92 Å². The number of aromatic nitrogens is 3. The van der Waals surface area contributed by atoms with Crippen molar-refractivity contribution in [2.24, 2.45) is 0 Å². The molecular weight excluding hydrogens is 384 g/mol. The van der Waals surface area contributed by atoms with Gasteiger partial charge in [-0.2, -0.15) is 4.98 Å². The van der Waals surface area contributed by atoms with E-state index in [4.69, 9.17) is 4.74 Å². The molecule has 154 valence electrons. The van der Waals surface area contributed by atoms with Crippen LogP contribution in [-0.2, 0) is 0 Å². The average molecular weight is 406 g/mol. The van der Waals surface area contributed by atoms with Gasteiger partial charge in [-0.05, 0) is 37.1 Å². The van der Waals surface area contributed by atoms with Gasteiger partial charge in [0.15, 0.2) is 0 Å². The van der Waals surface area contributed by atoms with Crippen LogP contribution in [0.15, 0.2) is 48.8 Å². The first kappa shape index (κ1) is 19.6. The van der Waals surface area contributed by atoms with Crippen molar-refractivity contribution in [1.82, 2.24) is 15.0 Å². The summed E-state index contributed by atoms with van der Waals surface area (Å²) in [5.41, 5.74) is 1.74. The monoisotopic (exact) mass is 406 g/mol. The Labute approximate surface area is 173 Å². The molecule has 0 spiro atoms. The van der Waals surface area contributed by atoms with E-state index >= 15 is 0 Å². The molecule has 0 saturated heterocycles. The number of nitrogens with one attached hydrogen (secondary N) is 2. The van der Waals surface area contributed by atoms with Crippen LogP contribution in [-0.4, -0.2) is 33.0 Å². The zero-order valence-electron chi connectivity index (χ0n) is 16.5. The first-order chi connectivity index (χ1) is 14.6. The number of nitro benzene ring substituents is 1. The molecule has 0 unspecified atom stereocenters. The third-order valence-electron chi connectivity index (χ3n) is 5.04. The van der Waals surface area contributed by atoms with Crippen LogP contribution in [0.25, 0.3) is 11.3 Å². The van der Waals surface area contributed by atoms with Gasteiger partial charge in [0.1, 0.15) is 17.3 Å². The van der Waals surface area contributed by atoms with Crippen LogP contribution in [0.2, 0.25) is 0 Å². The zero-order valence-corrected chi connectivity index (χ0v) is 16.5. The van der Waals surface area contributed by atoms with E-state index in [0.29, 0.717) is 34.9 Å². The van der Waals surface area contributed by atoms with Gasteiger partial charge in [-0.1, -0.05) is 12.8 Å². The molecule has 0 radical (unpaired) electrons. The second kappa shape index (κ2) is 8.73. The summed E-state index contributed by atoms with van der Waals surface area (Å²) in [5, 5.41) is 18.0. The molecule has 9 nitrogen and oxygen atoms in total. The molecule has 4 rings (SSSR count). The molecule has 1 aliphatic carbocycles. The number of benzene rings is 1. The number of methoxy groups -OCH3 is 1. The second-order valence-corrected chi connectivity index (χ2v) is 7.09. The Morgan fingerprint density at radius 2 is 2.00 bits per heavy atom. The summed E-state index contributed by atoms with van der Waals surface area (Å²) in [6, 6.07) is 10.5. The number of nitrogens with zero attached hydrogens (tertiary/aromatic N) is 4. The normalized spacial score (nSPS) is 13.8. The van der Waals surface area contributed by atoms with Crippen molar-refractivity contribution in [2.75, 3.05) is 17.7 Å². The van der Waals surface area contributed by atoms with Gasteiger partial charge in [-0.15, -0.1) is 0 Å². The van der Waals surface area contributed by atoms with E-state index in [-0.39, 0.29) is 5.69 Å². The van der Waals surface area contributed by atoms with Gasteiger partial charge >= 0.3 is 0 Å². The van der Waals surface area contributed by atoms with Gasteiger partial charge in [0, 0.05) is 30.1 Å². The van der Waals surface area contributed by atoms with Gasteiger partial charge in [0.25, 0.3) is 5.69 Å². The quantitative estimate of drug-likeness (QED) is 0.434. The average Bonchev–Trinajstić information content (AvgIpc) is 3.27. The van der Waals surface area contributed by atoms with Crippen molar-refractivity contribution < 1.29 is 9.66 Å². The van der Waals surface area contributed by atoms with Crippen LogP contribution in [0.3, 0.4) is 0 Å². The van der Waals surface area contributed by atoms with Crippen molar-refractivity contribution >= 4 is 23.1 Å². The Morgan fingerprint density at radius 3 is 2.70 bits per heavy atom. The Hall–Kier alpha value is -3.75. The fraction of sp³-hybridized carbons (Fsp3) is 0.286. The summed E-state index contributed by atoms with van der Waals surface area (Å²) < 4.78 is 5.11. The number of nitro groups is 1. The molecular formula is C21H22N6O3. The Kier molecular flexibility index (Phi) is 5.69. The first-order valence-electron chi connectivity index (χ1n) is 9.78. The number of hydrogen-bond donors (Lipinski definition) is 2. The van der Waals surface area contributed by atoms with Gasteiger partial charge in [-0.3, -0.25) is 15.1 Å². The highest BCUT2D eigenvalue weighted by molar-refractivity contribution is 5.72. The lowest BCUT2D eigenvalue weighted by molar-refractivity contribution is -0.384. The van der Waals surface area contributed by atoms with Crippen LogP contribution in [0.5, 0.6) is 5.75 Å². The van der Waals surface area contributed by atoms with Crippen molar-refractivity contribution in [3.63, 3.8) is 0 Å². The summed E-state index contributed by atoms with van der Waals surface area (Å²) in [5.74, 6) is 1.36. The number of ether oxygens (including phenoxy) is 1. The van der Waals surface area contributed by atoms with Gasteiger partial charge < -0.3 is 15.4 Å². The summed E-state index contributed by atoms with van der Waals surface area (Å²) >= 11 is 0. The van der Waals surface area contributed by atoms with E-state index in [1.807, 2.05) is 12.1 Å². The van der Waals surface area contributed by atoms with Gasteiger partial charge in [0.05, 0.1) is 23.8 Å². The molecule has 0 amide bonds. The fourth-order valence-electron chi connectivity index (χ4n) is 3.52. The smallest absolute Gasteiger partial charge is 0.296 e. The van der Waals surface area contributed by atoms with E-state index in [1.165, 1.54) is 26.0 Å². The lowest BCUT2D eigenvalue weighted by atomic mass is 10.2. The maximum Gasteiger partial charge on any atom is 0.296 e. The number of rotatable bonds is 7. The number of hydrogen-bond acceptors (Lipinski definition) is 8. The van der Waals surface area contributed by atoms with Crippen LogP contribution in [0, 0.1) is 10.1 Å². The molecule has 0 atom stereocenters. The molecule has 2 heterocycles. The largest absolute Gasteiger partial charge is 0.496 e. The molecule has 1 fully saturated rings. The molecule has 3 aromatic rings. The van der Waals surface area contributed by atoms with Gasteiger partial charge in [0.2, 0.25) is 5.95 Å². The topological polar surface area (TPSA) is 115 Å². The Balaban J connectivity index is 1.70. The minimum atomic E-state index is -0.453. The SMILES string of the molecule is COc1ccc(Nc2cc(-c3cccnc3)nc(NC3CCCC3)n2)c([N+](=O)[O-])c1. The highest BCUT2D eigenvalue weighted by Crippen LogP contribution is 2.32. The van der Waals surface area contributed by atoms with Crippen molar-refractivity contribution in [3.8, 4) is 17.0 Å². The third-order valence-corrected chi connectivity index (χ3v) is 5.04. The highest BCUT2D eigenvalue weighted by Gasteiger charge is 2.19. The minimum Gasteiger partial charge on any atom is -0.496 e. The second-order valence-electron chi connectivity index (χ2n) is 7.09. The zero-order chi connectivity index (χ0) is 20.9. The minimum absolute atomic E-state index is 0.0961. The predicted molar refractivity (Wildman–Crippen MR) is 114 cm³/mol. The molecule has 2 aromatic heterocycles. The van der Waals surface area contributed by atoms with E-state index in [0.717, 1.165) is 18.4 Å². The molecule has 1 saturated carbocycles. The summed E-state index contributed by atoms with van der Waals surface area (Å²) in [6.45, 7) is 0. The molecule has 0 aliphatic heterocycles. The van der Waals surface area contributed by atoms with Crippen molar-refractivity contribution in [1.29, 1.82) is 0 Å².